The lowest BCUT2D eigenvalue weighted by molar-refractivity contribution is -0.393. The van der Waals surface area contributed by atoms with E-state index in [1.165, 1.54) is 0 Å². The molecule has 1 aromatic rings. The van der Waals surface area contributed by atoms with E-state index in [-0.39, 0.29) is 6.20 Å². The van der Waals surface area contributed by atoms with Gasteiger partial charge < -0.3 is 20.0 Å². The molecular formula is C8H3F5N2O5. The molecule has 1 aromatic heterocycles. The number of pyridine rings is 1. The van der Waals surface area contributed by atoms with Crippen LogP contribution in [-0.2, 0) is 0 Å². The summed E-state index contributed by atoms with van der Waals surface area (Å²) in [6.07, 6.45) is -8.92. The first-order valence-corrected chi connectivity index (χ1v) is 4.49. The molecule has 0 aliphatic rings. The predicted octanol–water partition coefficient (Wildman–Crippen LogP) is 2.52. The van der Waals surface area contributed by atoms with Gasteiger partial charge >= 0.3 is 18.1 Å². The molecule has 0 unspecified atom stereocenters. The second kappa shape index (κ2) is 5.22. The summed E-state index contributed by atoms with van der Waals surface area (Å²) in [6.45, 7) is 0. The van der Waals surface area contributed by atoms with Crippen LogP contribution in [0.5, 0.6) is 5.75 Å². The average Bonchev–Trinajstić information content (AvgIpc) is 2.24. The van der Waals surface area contributed by atoms with Crippen molar-refractivity contribution in [3.05, 3.63) is 27.4 Å². The summed E-state index contributed by atoms with van der Waals surface area (Å²) in [5.74, 6) is -5.78. The molecule has 0 amide bonds. The SMILES string of the molecule is O=C(O)c1c(C(F)F)cnc([N+](=O)[O-])c1OC(F)(F)F. The third-order valence-electron chi connectivity index (χ3n) is 1.88. The zero-order chi connectivity index (χ0) is 15.7. The molecule has 12 heteroatoms. The standard InChI is InChI=1S/C8H3F5N2O5/c9-5(10)2-1-14-6(15(18)19)4(3(2)7(16)17)20-8(11,12)13/h1,5H,(H,16,17). The number of ether oxygens (including phenoxy) is 1. The monoisotopic (exact) mass is 302 g/mol. The Hall–Kier alpha value is -2.53. The highest BCUT2D eigenvalue weighted by atomic mass is 19.4. The van der Waals surface area contributed by atoms with Gasteiger partial charge in [0.2, 0.25) is 5.75 Å². The molecule has 20 heavy (non-hydrogen) atoms. The van der Waals surface area contributed by atoms with E-state index in [1.54, 1.807) is 0 Å². The summed E-state index contributed by atoms with van der Waals surface area (Å²) < 4.78 is 64.5. The van der Waals surface area contributed by atoms with Gasteiger partial charge in [-0.2, -0.15) is 0 Å². The van der Waals surface area contributed by atoms with E-state index in [4.69, 9.17) is 5.11 Å². The Morgan fingerprint density at radius 1 is 1.45 bits per heavy atom. The number of hydrogen-bond donors (Lipinski definition) is 1. The van der Waals surface area contributed by atoms with Crippen LogP contribution in [0.25, 0.3) is 0 Å². The van der Waals surface area contributed by atoms with Crippen LogP contribution in [0.3, 0.4) is 0 Å². The maximum atomic E-state index is 12.5. The van der Waals surface area contributed by atoms with Crippen LogP contribution < -0.4 is 4.74 Å². The average molecular weight is 302 g/mol. The highest BCUT2D eigenvalue weighted by molar-refractivity contribution is 5.94. The van der Waals surface area contributed by atoms with Crippen LogP contribution in [0.2, 0.25) is 0 Å². The van der Waals surface area contributed by atoms with Crippen LogP contribution in [-0.4, -0.2) is 27.3 Å². The van der Waals surface area contributed by atoms with Crippen molar-refractivity contribution in [1.29, 1.82) is 0 Å². The van der Waals surface area contributed by atoms with E-state index in [0.29, 0.717) is 0 Å². The van der Waals surface area contributed by atoms with E-state index in [1.807, 2.05) is 0 Å². The number of carboxylic acid groups (broad SMARTS) is 1. The van der Waals surface area contributed by atoms with Crippen LogP contribution in [0.1, 0.15) is 22.3 Å². The van der Waals surface area contributed by atoms with Gasteiger partial charge in [-0.15, -0.1) is 13.2 Å². The van der Waals surface area contributed by atoms with E-state index in [0.717, 1.165) is 0 Å². The molecule has 0 bridgehead atoms. The quantitative estimate of drug-likeness (QED) is 0.521. The zero-order valence-electron chi connectivity index (χ0n) is 9.02. The number of rotatable bonds is 4. The van der Waals surface area contributed by atoms with Gasteiger partial charge in [0.1, 0.15) is 11.8 Å². The molecule has 0 atom stereocenters. The predicted molar refractivity (Wildman–Crippen MR) is 49.5 cm³/mol. The lowest BCUT2D eigenvalue weighted by atomic mass is 10.1. The summed E-state index contributed by atoms with van der Waals surface area (Å²) in [6, 6.07) is 0. The molecule has 0 aromatic carbocycles. The lowest BCUT2D eigenvalue weighted by Crippen LogP contribution is -2.21. The molecule has 1 rings (SSSR count). The molecule has 0 saturated carbocycles. The van der Waals surface area contributed by atoms with Crippen LogP contribution in [0.4, 0.5) is 27.8 Å². The van der Waals surface area contributed by atoms with Crippen molar-refractivity contribution in [2.24, 2.45) is 0 Å². The van der Waals surface area contributed by atoms with E-state index < -0.39 is 46.4 Å². The molecule has 0 aliphatic carbocycles. The first-order valence-electron chi connectivity index (χ1n) is 4.49. The summed E-state index contributed by atoms with van der Waals surface area (Å²) in [4.78, 5) is 22.5. The van der Waals surface area contributed by atoms with Gasteiger partial charge in [0.25, 0.3) is 6.43 Å². The Bertz CT molecular complexity index is 559. The fraction of sp³-hybridized carbons (Fsp3) is 0.250. The summed E-state index contributed by atoms with van der Waals surface area (Å²) in [7, 11) is 0. The highest BCUT2D eigenvalue weighted by Gasteiger charge is 2.40. The van der Waals surface area contributed by atoms with E-state index >= 15 is 0 Å². The summed E-state index contributed by atoms with van der Waals surface area (Å²) >= 11 is 0. The Labute approximate surface area is 105 Å². The first kappa shape index (κ1) is 15.5. The molecule has 1 N–H and O–H groups in total. The number of carboxylic acids is 1. The molecule has 0 aliphatic heterocycles. The largest absolute Gasteiger partial charge is 0.573 e. The number of halogens is 5. The Kier molecular flexibility index (Phi) is 4.06. The molecule has 110 valence electrons. The number of aromatic carboxylic acids is 1. The Balaban J connectivity index is 3.65. The third kappa shape index (κ3) is 3.27. The number of aromatic nitrogens is 1. The molecule has 0 saturated heterocycles. The number of carbonyl (C=O) groups is 1. The minimum Gasteiger partial charge on any atom is -0.478 e. The minimum absolute atomic E-state index is 0.107. The maximum Gasteiger partial charge on any atom is 0.573 e. The molecule has 1 heterocycles. The summed E-state index contributed by atoms with van der Waals surface area (Å²) in [5, 5.41) is 19.1. The number of nitro groups is 1. The van der Waals surface area contributed by atoms with Gasteiger partial charge in [0.15, 0.2) is 0 Å². The van der Waals surface area contributed by atoms with Crippen LogP contribution >= 0.6 is 0 Å². The molecule has 0 spiro atoms. The second-order valence-corrected chi connectivity index (χ2v) is 3.15. The summed E-state index contributed by atoms with van der Waals surface area (Å²) in [5.41, 5.74) is -3.10. The van der Waals surface area contributed by atoms with Crippen molar-refractivity contribution < 1.29 is 41.5 Å². The first-order chi connectivity index (χ1) is 9.04. The molecule has 7 nitrogen and oxygen atoms in total. The van der Waals surface area contributed by atoms with E-state index in [9.17, 15) is 36.9 Å². The minimum atomic E-state index is -5.52. The third-order valence-corrected chi connectivity index (χ3v) is 1.88. The Morgan fingerprint density at radius 3 is 2.35 bits per heavy atom. The van der Waals surface area contributed by atoms with Crippen molar-refractivity contribution in [1.82, 2.24) is 4.98 Å². The number of hydrogen-bond acceptors (Lipinski definition) is 5. The topological polar surface area (TPSA) is 103 Å². The Morgan fingerprint density at radius 2 is 2.00 bits per heavy atom. The zero-order valence-corrected chi connectivity index (χ0v) is 9.02. The van der Waals surface area contributed by atoms with Gasteiger partial charge in [-0.1, -0.05) is 0 Å². The number of nitrogens with zero attached hydrogens (tertiary/aromatic N) is 2. The van der Waals surface area contributed by atoms with Gasteiger partial charge in [0.05, 0.1) is 5.56 Å². The lowest BCUT2D eigenvalue weighted by Gasteiger charge is -2.12. The smallest absolute Gasteiger partial charge is 0.478 e. The van der Waals surface area contributed by atoms with Gasteiger partial charge in [-0.3, -0.25) is 0 Å². The van der Waals surface area contributed by atoms with Gasteiger partial charge in [-0.05, 0) is 9.91 Å². The second-order valence-electron chi connectivity index (χ2n) is 3.15. The van der Waals surface area contributed by atoms with Crippen molar-refractivity contribution in [2.45, 2.75) is 12.8 Å². The molecule has 0 fully saturated rings. The van der Waals surface area contributed by atoms with Crippen molar-refractivity contribution in [3.63, 3.8) is 0 Å². The van der Waals surface area contributed by atoms with Crippen molar-refractivity contribution in [2.75, 3.05) is 0 Å². The normalized spacial score (nSPS) is 11.5. The fourth-order valence-electron chi connectivity index (χ4n) is 1.23. The molecular weight excluding hydrogens is 299 g/mol. The maximum absolute atomic E-state index is 12.5. The fourth-order valence-corrected chi connectivity index (χ4v) is 1.23. The van der Waals surface area contributed by atoms with Crippen LogP contribution in [0.15, 0.2) is 6.20 Å². The molecule has 0 radical (unpaired) electrons. The number of alkyl halides is 5. The van der Waals surface area contributed by atoms with Crippen LogP contribution in [0, 0.1) is 10.1 Å². The highest BCUT2D eigenvalue weighted by Crippen LogP contribution is 2.38. The van der Waals surface area contributed by atoms with Gasteiger partial charge in [-0.25, -0.2) is 13.6 Å². The van der Waals surface area contributed by atoms with E-state index in [2.05, 4.69) is 9.72 Å². The van der Waals surface area contributed by atoms with Crippen molar-refractivity contribution >= 4 is 11.8 Å². The van der Waals surface area contributed by atoms with Gasteiger partial charge in [0, 0.05) is 0 Å². The van der Waals surface area contributed by atoms with Crippen molar-refractivity contribution in [3.8, 4) is 5.75 Å².